The molecular weight excluding hydrogens is 312 g/mol. The fourth-order valence-corrected chi connectivity index (χ4v) is 2.40. The van der Waals surface area contributed by atoms with E-state index in [0.29, 0.717) is 30.0 Å². The van der Waals surface area contributed by atoms with Gasteiger partial charge in [0, 0.05) is 5.70 Å². The van der Waals surface area contributed by atoms with E-state index in [1.165, 1.54) is 0 Å². The summed E-state index contributed by atoms with van der Waals surface area (Å²) in [5, 5.41) is -0.794. The van der Waals surface area contributed by atoms with Gasteiger partial charge in [-0.3, -0.25) is 4.79 Å². The van der Waals surface area contributed by atoms with Crippen molar-refractivity contribution in [3.8, 4) is 5.75 Å². The zero-order valence-corrected chi connectivity index (χ0v) is 12.6. The summed E-state index contributed by atoms with van der Waals surface area (Å²) in [6, 6.07) is 6.89. The predicted molar refractivity (Wildman–Crippen MR) is 82.1 cm³/mol. The maximum atomic E-state index is 12.7. The Morgan fingerprint density at radius 3 is 2.68 bits per heavy atom. The summed E-state index contributed by atoms with van der Waals surface area (Å²) in [7, 11) is 0. The van der Waals surface area contributed by atoms with Crippen LogP contribution in [0.25, 0.3) is 5.70 Å². The van der Waals surface area contributed by atoms with Crippen molar-refractivity contribution < 1.29 is 18.3 Å². The van der Waals surface area contributed by atoms with Gasteiger partial charge in [0.1, 0.15) is 17.7 Å². The molecule has 1 unspecified atom stereocenters. The van der Waals surface area contributed by atoms with Crippen LogP contribution in [0.15, 0.2) is 43.0 Å². The standard InChI is InChI=1S/C16H16ClF2NO2/c1-2-9-22-12-5-3-11(4-6-12)14-8-7-13(17)16(21)20(14)10-15(18)19/h2-6,8,13,15H,1,7,9-10H2. The van der Waals surface area contributed by atoms with Gasteiger partial charge < -0.3 is 9.64 Å². The lowest BCUT2D eigenvalue weighted by Gasteiger charge is -2.31. The minimum atomic E-state index is -2.62. The molecule has 1 aromatic carbocycles. The zero-order chi connectivity index (χ0) is 16.1. The van der Waals surface area contributed by atoms with E-state index in [4.69, 9.17) is 16.3 Å². The summed E-state index contributed by atoms with van der Waals surface area (Å²) in [5.74, 6) is 0.147. The number of ether oxygens (including phenoxy) is 1. The Bertz CT molecular complexity index is 572. The van der Waals surface area contributed by atoms with E-state index in [-0.39, 0.29) is 0 Å². The van der Waals surface area contributed by atoms with E-state index in [1.54, 1.807) is 36.4 Å². The molecule has 2 rings (SSSR count). The number of rotatable bonds is 6. The number of hydrogen-bond donors (Lipinski definition) is 0. The third kappa shape index (κ3) is 3.85. The van der Waals surface area contributed by atoms with Crippen molar-refractivity contribution in [1.82, 2.24) is 4.90 Å². The number of hydrogen-bond acceptors (Lipinski definition) is 2. The number of nitrogens with zero attached hydrogens (tertiary/aromatic N) is 1. The molecule has 1 heterocycles. The summed E-state index contributed by atoms with van der Waals surface area (Å²) in [5.41, 5.74) is 1.13. The number of amides is 1. The molecule has 1 aliphatic heterocycles. The maximum Gasteiger partial charge on any atom is 0.256 e. The van der Waals surface area contributed by atoms with E-state index in [9.17, 15) is 13.6 Å². The highest BCUT2D eigenvalue weighted by Gasteiger charge is 2.31. The van der Waals surface area contributed by atoms with Gasteiger partial charge in [-0.1, -0.05) is 18.7 Å². The molecule has 1 aliphatic rings. The normalized spacial score (nSPS) is 18.4. The van der Waals surface area contributed by atoms with Crippen LogP contribution < -0.4 is 4.74 Å². The van der Waals surface area contributed by atoms with Crippen LogP contribution in [0.4, 0.5) is 8.78 Å². The van der Waals surface area contributed by atoms with Crippen molar-refractivity contribution in [2.24, 2.45) is 0 Å². The Kier molecular flexibility index (Phi) is 5.55. The predicted octanol–water partition coefficient (Wildman–Crippen LogP) is 3.70. The number of benzene rings is 1. The van der Waals surface area contributed by atoms with Gasteiger partial charge in [0.05, 0.1) is 6.54 Å². The van der Waals surface area contributed by atoms with Gasteiger partial charge in [-0.2, -0.15) is 0 Å². The third-order valence-electron chi connectivity index (χ3n) is 3.18. The summed E-state index contributed by atoms with van der Waals surface area (Å²) in [6.07, 6.45) is 1.04. The highest BCUT2D eigenvalue weighted by atomic mass is 35.5. The number of allylic oxidation sites excluding steroid dienone is 1. The van der Waals surface area contributed by atoms with Gasteiger partial charge >= 0.3 is 0 Å². The van der Waals surface area contributed by atoms with Crippen LogP contribution in [0.3, 0.4) is 0 Å². The number of halogens is 3. The summed E-state index contributed by atoms with van der Waals surface area (Å²) in [4.78, 5) is 13.1. The van der Waals surface area contributed by atoms with Gasteiger partial charge in [-0.05, 0) is 36.2 Å². The van der Waals surface area contributed by atoms with Crippen molar-refractivity contribution in [2.45, 2.75) is 18.2 Å². The SMILES string of the molecule is C=CCOc1ccc(C2=CCC(Cl)C(=O)N2CC(F)F)cc1. The van der Waals surface area contributed by atoms with E-state index in [2.05, 4.69) is 6.58 Å². The number of carbonyl (C=O) groups excluding carboxylic acids is 1. The highest BCUT2D eigenvalue weighted by molar-refractivity contribution is 6.31. The van der Waals surface area contributed by atoms with Gasteiger partial charge in [-0.15, -0.1) is 11.6 Å². The monoisotopic (exact) mass is 327 g/mol. The molecular formula is C16H16ClF2NO2. The molecule has 6 heteroatoms. The largest absolute Gasteiger partial charge is 0.490 e. The van der Waals surface area contributed by atoms with E-state index < -0.39 is 24.3 Å². The van der Waals surface area contributed by atoms with Crippen LogP contribution >= 0.6 is 11.6 Å². The second-order valence-corrected chi connectivity index (χ2v) is 5.28. The van der Waals surface area contributed by atoms with Gasteiger partial charge in [0.15, 0.2) is 0 Å². The molecule has 0 saturated heterocycles. The molecule has 0 radical (unpaired) electrons. The van der Waals surface area contributed by atoms with E-state index in [0.717, 1.165) is 4.90 Å². The lowest BCUT2D eigenvalue weighted by molar-refractivity contribution is -0.129. The average molecular weight is 328 g/mol. The topological polar surface area (TPSA) is 29.5 Å². The Balaban J connectivity index is 2.23. The minimum Gasteiger partial charge on any atom is -0.490 e. The van der Waals surface area contributed by atoms with Crippen molar-refractivity contribution in [1.29, 1.82) is 0 Å². The number of alkyl halides is 3. The lowest BCUT2D eigenvalue weighted by Crippen LogP contribution is -2.41. The zero-order valence-electron chi connectivity index (χ0n) is 11.8. The Morgan fingerprint density at radius 2 is 2.09 bits per heavy atom. The van der Waals surface area contributed by atoms with Crippen LogP contribution in [0.5, 0.6) is 5.75 Å². The average Bonchev–Trinajstić information content (AvgIpc) is 2.50. The molecule has 0 saturated carbocycles. The fraction of sp³-hybridized carbons (Fsp3) is 0.312. The van der Waals surface area contributed by atoms with Crippen molar-refractivity contribution in [3.63, 3.8) is 0 Å². The Morgan fingerprint density at radius 1 is 1.41 bits per heavy atom. The van der Waals surface area contributed by atoms with Crippen LogP contribution in [0, 0.1) is 0 Å². The fourth-order valence-electron chi connectivity index (χ4n) is 2.19. The van der Waals surface area contributed by atoms with E-state index >= 15 is 0 Å². The van der Waals surface area contributed by atoms with Crippen LogP contribution in [0.2, 0.25) is 0 Å². The second-order valence-electron chi connectivity index (χ2n) is 4.76. The maximum absolute atomic E-state index is 12.7. The first-order chi connectivity index (χ1) is 10.5. The molecule has 1 amide bonds. The molecule has 118 valence electrons. The quantitative estimate of drug-likeness (QED) is 0.589. The third-order valence-corrected chi connectivity index (χ3v) is 3.55. The molecule has 1 aromatic rings. The first-order valence-corrected chi connectivity index (χ1v) is 7.24. The van der Waals surface area contributed by atoms with Gasteiger partial charge in [-0.25, -0.2) is 8.78 Å². The van der Waals surface area contributed by atoms with Crippen LogP contribution in [0.1, 0.15) is 12.0 Å². The summed E-state index contributed by atoms with van der Waals surface area (Å²) >= 11 is 5.87. The van der Waals surface area contributed by atoms with Crippen LogP contribution in [-0.4, -0.2) is 35.8 Å². The lowest BCUT2D eigenvalue weighted by atomic mass is 10.0. The van der Waals surface area contributed by atoms with Crippen molar-refractivity contribution >= 4 is 23.2 Å². The molecule has 1 atom stereocenters. The second kappa shape index (κ2) is 7.40. The first kappa shape index (κ1) is 16.5. The molecule has 22 heavy (non-hydrogen) atoms. The van der Waals surface area contributed by atoms with Gasteiger partial charge in [0.2, 0.25) is 5.91 Å². The van der Waals surface area contributed by atoms with Crippen molar-refractivity contribution in [3.05, 3.63) is 48.6 Å². The van der Waals surface area contributed by atoms with Crippen molar-refractivity contribution in [2.75, 3.05) is 13.2 Å². The molecule has 0 aliphatic carbocycles. The molecule has 0 fully saturated rings. The Hall–Kier alpha value is -1.88. The smallest absolute Gasteiger partial charge is 0.256 e. The number of carbonyl (C=O) groups is 1. The minimum absolute atomic E-state index is 0.324. The Labute approximate surface area is 132 Å². The molecule has 0 spiro atoms. The first-order valence-electron chi connectivity index (χ1n) is 6.80. The van der Waals surface area contributed by atoms with E-state index in [1.807, 2.05) is 0 Å². The highest BCUT2D eigenvalue weighted by Crippen LogP contribution is 2.29. The summed E-state index contributed by atoms with van der Waals surface area (Å²) in [6.45, 7) is 3.27. The summed E-state index contributed by atoms with van der Waals surface area (Å²) < 4.78 is 30.8. The molecule has 0 bridgehead atoms. The van der Waals surface area contributed by atoms with Gasteiger partial charge in [0.25, 0.3) is 6.43 Å². The molecule has 3 nitrogen and oxygen atoms in total. The van der Waals surface area contributed by atoms with Crippen LogP contribution in [-0.2, 0) is 4.79 Å². The molecule has 0 N–H and O–H groups in total. The molecule has 0 aromatic heterocycles.